The number of aromatic hydroxyl groups is 1. The number of carbonyl (C=O) groups excluding carboxylic acids is 1. The molecule has 2 N–H and O–H groups in total. The molecule has 1 atom stereocenters. The van der Waals surface area contributed by atoms with E-state index in [1.807, 2.05) is 46.6 Å². The molecule has 0 amide bonds. The molecule has 140 valence electrons. The Balaban J connectivity index is -0.000000231. The van der Waals surface area contributed by atoms with Gasteiger partial charge in [0.25, 0.3) is 0 Å². The molecule has 0 aromatic heterocycles. The SMILES string of the molecule is C=O.CC.CC.CC(C)NC(C)Cc1ccc(O)c([N-]Br)c1.[Cu+]. The van der Waals surface area contributed by atoms with Gasteiger partial charge in [0.05, 0.1) is 0 Å². The maximum absolute atomic E-state index is 9.48. The van der Waals surface area contributed by atoms with Crippen LogP contribution in [-0.2, 0) is 28.3 Å². The molecule has 0 bridgehead atoms. The van der Waals surface area contributed by atoms with Gasteiger partial charge >= 0.3 is 17.1 Å². The van der Waals surface area contributed by atoms with Crippen LogP contribution in [0.15, 0.2) is 18.2 Å². The van der Waals surface area contributed by atoms with E-state index in [9.17, 15) is 5.11 Å². The van der Waals surface area contributed by atoms with Crippen LogP contribution in [-0.4, -0.2) is 24.0 Å². The van der Waals surface area contributed by atoms with Crippen LogP contribution in [0.2, 0.25) is 0 Å². The van der Waals surface area contributed by atoms with Gasteiger partial charge in [0, 0.05) is 12.1 Å². The maximum atomic E-state index is 9.48. The monoisotopic (exact) mass is 438 g/mol. The van der Waals surface area contributed by atoms with Gasteiger partial charge in [-0.05, 0) is 25.0 Å². The molecule has 1 aromatic rings. The van der Waals surface area contributed by atoms with Crippen LogP contribution in [0.5, 0.6) is 5.75 Å². The first-order chi connectivity index (χ1) is 10.5. The molecule has 0 saturated carbocycles. The van der Waals surface area contributed by atoms with Crippen molar-refractivity contribution in [3.8, 4) is 5.75 Å². The first kappa shape index (κ1) is 30.3. The van der Waals surface area contributed by atoms with Gasteiger partial charge in [-0.2, -0.15) is 0 Å². The third kappa shape index (κ3) is 16.1. The van der Waals surface area contributed by atoms with Crippen LogP contribution in [0.25, 0.3) is 4.34 Å². The van der Waals surface area contributed by atoms with Gasteiger partial charge in [-0.25, -0.2) is 16.1 Å². The van der Waals surface area contributed by atoms with Crippen LogP contribution in [0, 0.1) is 0 Å². The Morgan fingerprint density at radius 2 is 1.65 bits per heavy atom. The zero-order valence-electron chi connectivity index (χ0n) is 15.3. The van der Waals surface area contributed by atoms with Crippen molar-refractivity contribution < 1.29 is 27.0 Å². The summed E-state index contributed by atoms with van der Waals surface area (Å²) in [5.74, 6) is 0.199. The summed E-state index contributed by atoms with van der Waals surface area (Å²) in [6.45, 7) is 16.4. The molecule has 4 nitrogen and oxygen atoms in total. The van der Waals surface area contributed by atoms with E-state index >= 15 is 0 Å². The van der Waals surface area contributed by atoms with Crippen LogP contribution >= 0.6 is 16.1 Å². The Bertz CT molecular complexity index is 366. The summed E-state index contributed by atoms with van der Waals surface area (Å²) in [6.07, 6.45) is 0.925. The number of hydrogen-bond acceptors (Lipinski definition) is 3. The summed E-state index contributed by atoms with van der Waals surface area (Å²) in [5, 5.41) is 12.9. The molecule has 0 spiro atoms. The predicted octanol–water partition coefficient (Wildman–Crippen LogP) is 5.50. The number of rotatable bonds is 5. The van der Waals surface area contributed by atoms with Gasteiger partial charge in [-0.3, -0.25) is 0 Å². The number of halogens is 1. The fourth-order valence-electron chi connectivity index (χ4n) is 1.75. The molecular formula is C17H32BrCuN2O2. The van der Waals surface area contributed by atoms with E-state index in [0.29, 0.717) is 17.8 Å². The van der Waals surface area contributed by atoms with E-state index in [-0.39, 0.29) is 22.8 Å². The molecule has 0 aliphatic rings. The van der Waals surface area contributed by atoms with Crippen molar-refractivity contribution in [3.05, 3.63) is 28.1 Å². The zero-order valence-corrected chi connectivity index (χ0v) is 17.8. The minimum absolute atomic E-state index is 0. The maximum Gasteiger partial charge on any atom is 1.00 e. The number of phenols is 1. The quantitative estimate of drug-likeness (QED) is 0.595. The number of hydrogen-bond donors (Lipinski definition) is 2. The van der Waals surface area contributed by atoms with Crippen molar-refractivity contribution in [1.29, 1.82) is 0 Å². The third-order valence-corrected chi connectivity index (χ3v) is 2.67. The Morgan fingerprint density at radius 1 is 1.17 bits per heavy atom. The molecule has 1 aromatic carbocycles. The average molecular weight is 440 g/mol. The second-order valence-electron chi connectivity index (χ2n) is 4.33. The van der Waals surface area contributed by atoms with Gasteiger partial charge in [-0.1, -0.05) is 59.4 Å². The fraction of sp³-hybridized carbons (Fsp3) is 0.588. The van der Waals surface area contributed by atoms with E-state index in [1.54, 1.807) is 6.07 Å². The fourth-order valence-corrected chi connectivity index (χ4v) is 2.03. The number of nitrogens with zero attached hydrogens (tertiary/aromatic N) is 1. The van der Waals surface area contributed by atoms with Crippen molar-refractivity contribution in [2.75, 3.05) is 0 Å². The van der Waals surface area contributed by atoms with Crippen molar-refractivity contribution in [1.82, 2.24) is 5.32 Å². The molecule has 0 aliphatic heterocycles. The van der Waals surface area contributed by atoms with Crippen LogP contribution < -0.4 is 5.32 Å². The largest absolute Gasteiger partial charge is 1.00 e. The first-order valence-corrected chi connectivity index (χ1v) is 8.42. The summed E-state index contributed by atoms with van der Waals surface area (Å²) in [7, 11) is 0. The Labute approximate surface area is 161 Å². The molecule has 23 heavy (non-hydrogen) atoms. The van der Waals surface area contributed by atoms with Crippen molar-refractivity contribution >= 4 is 28.6 Å². The standard InChI is InChI=1S/C12H18BrN2O.2C2H6.CH2O.Cu/c1-8(2)14-9(3)6-10-4-5-12(16)11(7-10)15-13;3*1-2;/h4-5,7-9,14,16H,6H2,1-3H3;2*1-2H3;1H2;/q-1;;;;+1. The van der Waals surface area contributed by atoms with E-state index in [1.165, 1.54) is 0 Å². The number of phenolic OH excluding ortho intramolecular Hbond substituents is 1. The summed E-state index contributed by atoms with van der Waals surface area (Å²) in [6, 6.07) is 6.38. The number of benzene rings is 1. The minimum Gasteiger partial charge on any atom is -0.620 e. The zero-order chi connectivity index (χ0) is 18.1. The van der Waals surface area contributed by atoms with Crippen LogP contribution in [0.1, 0.15) is 54.0 Å². The molecule has 0 heterocycles. The van der Waals surface area contributed by atoms with Crippen molar-refractivity contribution in [2.45, 2.75) is 67.0 Å². The third-order valence-electron chi connectivity index (χ3n) is 2.29. The smallest absolute Gasteiger partial charge is 0.620 e. The van der Waals surface area contributed by atoms with Crippen LogP contribution in [0.4, 0.5) is 5.69 Å². The van der Waals surface area contributed by atoms with Gasteiger partial charge in [0.1, 0.15) is 12.5 Å². The van der Waals surface area contributed by atoms with Crippen LogP contribution in [0.3, 0.4) is 0 Å². The molecule has 1 rings (SSSR count). The molecule has 0 aliphatic carbocycles. The van der Waals surface area contributed by atoms with E-state index in [0.717, 1.165) is 12.0 Å². The van der Waals surface area contributed by atoms with Gasteiger partial charge in [-0.15, -0.1) is 0 Å². The molecular weight excluding hydrogens is 408 g/mol. The molecule has 0 radical (unpaired) electrons. The number of carbonyl (C=O) groups is 1. The Hall–Kier alpha value is -0.551. The second-order valence-corrected chi connectivity index (χ2v) is 4.69. The van der Waals surface area contributed by atoms with Gasteiger partial charge in [0.2, 0.25) is 0 Å². The average Bonchev–Trinajstić information content (AvgIpc) is 2.54. The molecule has 0 fully saturated rings. The molecule has 6 heteroatoms. The summed E-state index contributed by atoms with van der Waals surface area (Å²) >= 11 is 3.00. The van der Waals surface area contributed by atoms with E-state index < -0.39 is 0 Å². The normalized spacial score (nSPS) is 9.61. The first-order valence-electron chi connectivity index (χ1n) is 7.71. The summed E-state index contributed by atoms with van der Waals surface area (Å²) in [5.41, 5.74) is 1.74. The van der Waals surface area contributed by atoms with Crippen molar-refractivity contribution in [3.63, 3.8) is 0 Å². The second kappa shape index (κ2) is 21.4. The summed E-state index contributed by atoms with van der Waals surface area (Å²) < 4.78 is 3.84. The number of nitrogens with one attached hydrogen (secondary N) is 1. The van der Waals surface area contributed by atoms with E-state index in [2.05, 4.69) is 46.6 Å². The van der Waals surface area contributed by atoms with Gasteiger partial charge < -0.3 is 19.6 Å². The Kier molecular flexibility index (Phi) is 28.3. The summed E-state index contributed by atoms with van der Waals surface area (Å²) in [4.78, 5) is 8.00. The van der Waals surface area contributed by atoms with Gasteiger partial charge in [0.15, 0.2) is 0 Å². The minimum atomic E-state index is 0. The molecule has 1 unspecified atom stereocenters. The predicted molar refractivity (Wildman–Crippen MR) is 101 cm³/mol. The Morgan fingerprint density at radius 3 is 2.04 bits per heavy atom. The van der Waals surface area contributed by atoms with Crippen molar-refractivity contribution in [2.24, 2.45) is 0 Å². The molecule has 0 saturated heterocycles. The topological polar surface area (TPSA) is 63.4 Å². The van der Waals surface area contributed by atoms with E-state index in [4.69, 9.17) is 4.79 Å².